The number of aromatic amines is 1. The molecule has 1 aliphatic heterocycles. The summed E-state index contributed by atoms with van der Waals surface area (Å²) in [5.41, 5.74) is 1.30. The predicted octanol–water partition coefficient (Wildman–Crippen LogP) is 2.65. The highest BCUT2D eigenvalue weighted by Gasteiger charge is 2.25. The Morgan fingerprint density at radius 1 is 1.32 bits per heavy atom. The van der Waals surface area contributed by atoms with Crippen molar-refractivity contribution in [2.75, 3.05) is 32.1 Å². The van der Waals surface area contributed by atoms with Gasteiger partial charge in [-0.05, 0) is 48.9 Å². The fourth-order valence-corrected chi connectivity index (χ4v) is 3.41. The molecule has 9 nitrogen and oxygen atoms in total. The summed E-state index contributed by atoms with van der Waals surface area (Å²) in [4.78, 5) is 29.9. The summed E-state index contributed by atoms with van der Waals surface area (Å²) in [6.45, 7) is 5.25. The molecule has 1 unspecified atom stereocenters. The number of fused-ring (bicyclic) bond motifs is 1. The Morgan fingerprint density at radius 2 is 2.13 bits per heavy atom. The first-order chi connectivity index (χ1) is 15.2. The number of likely N-dealkylation sites (tertiary alicyclic amines) is 1. The number of nitrogens with zero attached hydrogens (tertiary/aromatic N) is 4. The maximum Gasteiger partial charge on any atom is 0.246 e. The van der Waals surface area contributed by atoms with Gasteiger partial charge in [0, 0.05) is 19.1 Å². The van der Waals surface area contributed by atoms with Gasteiger partial charge < -0.3 is 24.7 Å². The fourth-order valence-electron chi connectivity index (χ4n) is 3.41. The molecule has 3 heterocycles. The van der Waals surface area contributed by atoms with Crippen molar-refractivity contribution < 1.29 is 14.3 Å². The number of nitrogens with one attached hydrogen (secondary N) is 2. The number of H-pyrrole nitrogens is 1. The van der Waals surface area contributed by atoms with E-state index in [2.05, 4.69) is 31.8 Å². The quantitative estimate of drug-likeness (QED) is 0.540. The van der Waals surface area contributed by atoms with Crippen LogP contribution in [-0.4, -0.2) is 63.6 Å². The number of benzene rings is 1. The van der Waals surface area contributed by atoms with Crippen LogP contribution >= 0.6 is 0 Å². The van der Waals surface area contributed by atoms with Gasteiger partial charge in [0.1, 0.15) is 35.8 Å². The molecule has 1 amide bonds. The maximum atomic E-state index is 11.8. The van der Waals surface area contributed by atoms with E-state index < -0.39 is 0 Å². The fraction of sp³-hybridized carbons (Fsp3) is 0.273. The number of amides is 1. The van der Waals surface area contributed by atoms with E-state index in [1.165, 1.54) is 12.4 Å². The van der Waals surface area contributed by atoms with Crippen LogP contribution in [-0.2, 0) is 4.79 Å². The standard InChI is InChI=1S/C22H24N6O3/c1-3-19(29)28-11-10-15(13-28)25-21-20-22(24-14-23-21)27-18(26-20)5-4-12-31-17-8-6-16(30-2)7-9-17/h3-9,14-15H,1,10-13H2,2H3,(H2,23,24,25,26,27)/b5-4+. The molecule has 0 radical (unpaired) electrons. The lowest BCUT2D eigenvalue weighted by Crippen LogP contribution is -2.30. The number of imidazole rings is 1. The first-order valence-electron chi connectivity index (χ1n) is 9.98. The largest absolute Gasteiger partial charge is 0.497 e. The molecule has 2 N–H and O–H groups in total. The molecule has 1 aromatic carbocycles. The Kier molecular flexibility index (Phi) is 6.11. The molecule has 3 aromatic rings. The highest BCUT2D eigenvalue weighted by molar-refractivity contribution is 5.87. The Bertz CT molecular complexity index is 1090. The van der Waals surface area contributed by atoms with Crippen LogP contribution in [0.4, 0.5) is 5.82 Å². The maximum absolute atomic E-state index is 11.8. The van der Waals surface area contributed by atoms with Gasteiger partial charge in [0.25, 0.3) is 0 Å². The lowest BCUT2D eigenvalue weighted by Gasteiger charge is -2.15. The number of anilines is 1. The zero-order chi connectivity index (χ0) is 21.6. The second kappa shape index (κ2) is 9.29. The van der Waals surface area contributed by atoms with Crippen LogP contribution in [0.25, 0.3) is 17.2 Å². The van der Waals surface area contributed by atoms with Gasteiger partial charge in [0.15, 0.2) is 11.5 Å². The van der Waals surface area contributed by atoms with E-state index in [0.717, 1.165) is 23.4 Å². The van der Waals surface area contributed by atoms with Crippen molar-refractivity contribution >= 4 is 29.0 Å². The summed E-state index contributed by atoms with van der Waals surface area (Å²) in [5.74, 6) is 2.82. The Labute approximate surface area is 179 Å². The number of rotatable bonds is 8. The first-order valence-corrected chi connectivity index (χ1v) is 9.98. The molecular formula is C22H24N6O3. The molecule has 1 aliphatic rings. The van der Waals surface area contributed by atoms with Crippen molar-refractivity contribution in [3.8, 4) is 11.5 Å². The molecule has 31 heavy (non-hydrogen) atoms. The van der Waals surface area contributed by atoms with E-state index in [1.807, 2.05) is 36.4 Å². The molecular weight excluding hydrogens is 396 g/mol. The van der Waals surface area contributed by atoms with E-state index in [0.29, 0.717) is 37.0 Å². The number of hydrogen-bond acceptors (Lipinski definition) is 7. The Hall–Kier alpha value is -3.88. The van der Waals surface area contributed by atoms with Crippen LogP contribution in [0.1, 0.15) is 12.2 Å². The van der Waals surface area contributed by atoms with Crippen molar-refractivity contribution in [3.05, 3.63) is 55.1 Å². The lowest BCUT2D eigenvalue weighted by atomic mass is 10.2. The molecule has 9 heteroatoms. The third kappa shape index (κ3) is 4.82. The molecule has 1 saturated heterocycles. The minimum Gasteiger partial charge on any atom is -0.497 e. The Balaban J connectivity index is 1.38. The van der Waals surface area contributed by atoms with Gasteiger partial charge in [-0.1, -0.05) is 6.58 Å². The predicted molar refractivity (Wildman–Crippen MR) is 118 cm³/mol. The molecule has 4 rings (SSSR count). The molecule has 0 saturated carbocycles. The van der Waals surface area contributed by atoms with E-state index >= 15 is 0 Å². The molecule has 0 aliphatic carbocycles. The topological polar surface area (TPSA) is 105 Å². The summed E-state index contributed by atoms with van der Waals surface area (Å²) < 4.78 is 10.8. The van der Waals surface area contributed by atoms with Crippen LogP contribution in [0.2, 0.25) is 0 Å². The number of aromatic nitrogens is 4. The zero-order valence-electron chi connectivity index (χ0n) is 17.2. The van der Waals surface area contributed by atoms with Crippen molar-refractivity contribution in [2.45, 2.75) is 12.5 Å². The van der Waals surface area contributed by atoms with E-state index in [9.17, 15) is 4.79 Å². The molecule has 1 atom stereocenters. The molecule has 2 aromatic heterocycles. The van der Waals surface area contributed by atoms with Crippen LogP contribution in [0.5, 0.6) is 11.5 Å². The van der Waals surface area contributed by atoms with Crippen molar-refractivity contribution in [3.63, 3.8) is 0 Å². The third-order valence-electron chi connectivity index (χ3n) is 5.00. The van der Waals surface area contributed by atoms with Crippen molar-refractivity contribution in [2.24, 2.45) is 0 Å². The van der Waals surface area contributed by atoms with E-state index in [4.69, 9.17) is 9.47 Å². The number of hydrogen-bond donors (Lipinski definition) is 2. The highest BCUT2D eigenvalue weighted by Crippen LogP contribution is 2.21. The summed E-state index contributed by atoms with van der Waals surface area (Å²) in [6, 6.07) is 7.52. The minimum absolute atomic E-state index is 0.0528. The van der Waals surface area contributed by atoms with Crippen LogP contribution < -0.4 is 14.8 Å². The van der Waals surface area contributed by atoms with E-state index in [-0.39, 0.29) is 11.9 Å². The van der Waals surface area contributed by atoms with Gasteiger partial charge in [-0.25, -0.2) is 15.0 Å². The summed E-state index contributed by atoms with van der Waals surface area (Å²) in [6.07, 6.45) is 7.38. The number of carbonyl (C=O) groups is 1. The second-order valence-corrected chi connectivity index (χ2v) is 7.05. The Morgan fingerprint density at radius 3 is 2.90 bits per heavy atom. The average Bonchev–Trinajstić information content (AvgIpc) is 3.44. The van der Waals surface area contributed by atoms with Crippen LogP contribution in [0.15, 0.2) is 49.3 Å². The smallest absolute Gasteiger partial charge is 0.246 e. The van der Waals surface area contributed by atoms with Crippen molar-refractivity contribution in [1.29, 1.82) is 0 Å². The SMILES string of the molecule is C=CC(=O)N1CCC(Nc2ncnc3nc(/C=C/COc4ccc(OC)cc4)[nH]c23)C1. The van der Waals surface area contributed by atoms with Gasteiger partial charge in [-0.3, -0.25) is 4.79 Å². The van der Waals surface area contributed by atoms with Crippen LogP contribution in [0.3, 0.4) is 0 Å². The zero-order valence-corrected chi connectivity index (χ0v) is 17.2. The monoisotopic (exact) mass is 420 g/mol. The van der Waals surface area contributed by atoms with Gasteiger partial charge in [0.2, 0.25) is 5.91 Å². The normalized spacial score (nSPS) is 16.0. The average molecular weight is 420 g/mol. The lowest BCUT2D eigenvalue weighted by molar-refractivity contribution is -0.125. The van der Waals surface area contributed by atoms with Gasteiger partial charge in [-0.15, -0.1) is 0 Å². The molecule has 0 spiro atoms. The summed E-state index contributed by atoms with van der Waals surface area (Å²) in [5, 5.41) is 3.39. The summed E-state index contributed by atoms with van der Waals surface area (Å²) >= 11 is 0. The van der Waals surface area contributed by atoms with Gasteiger partial charge in [0.05, 0.1) is 7.11 Å². The summed E-state index contributed by atoms with van der Waals surface area (Å²) in [7, 11) is 1.63. The van der Waals surface area contributed by atoms with Gasteiger partial charge >= 0.3 is 0 Å². The third-order valence-corrected chi connectivity index (χ3v) is 5.00. The van der Waals surface area contributed by atoms with Crippen LogP contribution in [0, 0.1) is 0 Å². The first kappa shape index (κ1) is 20.4. The molecule has 1 fully saturated rings. The van der Waals surface area contributed by atoms with Gasteiger partial charge in [-0.2, -0.15) is 0 Å². The number of ether oxygens (including phenoxy) is 2. The number of carbonyl (C=O) groups excluding carboxylic acids is 1. The second-order valence-electron chi connectivity index (χ2n) is 7.05. The molecule has 0 bridgehead atoms. The van der Waals surface area contributed by atoms with E-state index in [1.54, 1.807) is 12.0 Å². The number of methoxy groups -OCH3 is 1. The minimum atomic E-state index is -0.0528. The highest BCUT2D eigenvalue weighted by atomic mass is 16.5. The molecule has 160 valence electrons. The van der Waals surface area contributed by atoms with Crippen molar-refractivity contribution in [1.82, 2.24) is 24.8 Å².